The van der Waals surface area contributed by atoms with E-state index in [2.05, 4.69) is 35.5 Å². The highest BCUT2D eigenvalue weighted by molar-refractivity contribution is 5.96. The maximum atomic E-state index is 15.9. The van der Waals surface area contributed by atoms with Gasteiger partial charge < -0.3 is 14.9 Å². The van der Waals surface area contributed by atoms with Crippen molar-refractivity contribution in [3.05, 3.63) is 72.5 Å². The smallest absolute Gasteiger partial charge is 0.161 e. The van der Waals surface area contributed by atoms with Gasteiger partial charge in [0.15, 0.2) is 11.6 Å². The second-order valence-electron chi connectivity index (χ2n) is 8.32. The fourth-order valence-electron chi connectivity index (χ4n) is 4.22. The van der Waals surface area contributed by atoms with E-state index in [1.54, 1.807) is 24.9 Å². The lowest BCUT2D eigenvalue weighted by molar-refractivity contribution is 0.638. The van der Waals surface area contributed by atoms with Crippen LogP contribution in [0.5, 0.6) is 0 Å². The summed E-state index contributed by atoms with van der Waals surface area (Å²) in [6.45, 7) is 5.45. The fourth-order valence-corrected chi connectivity index (χ4v) is 4.22. The average Bonchev–Trinajstić information content (AvgIpc) is 3.60. The first kappa shape index (κ1) is 21.1. The predicted octanol–water partition coefficient (Wildman–Crippen LogP) is 4.31. The van der Waals surface area contributed by atoms with E-state index in [4.69, 9.17) is 4.98 Å². The number of rotatable bonds is 6. The predicted molar refractivity (Wildman–Crippen MR) is 131 cm³/mol. The number of pyridine rings is 2. The molecule has 0 amide bonds. The van der Waals surface area contributed by atoms with Crippen molar-refractivity contribution in [2.45, 2.75) is 20.4 Å². The summed E-state index contributed by atoms with van der Waals surface area (Å²) >= 11 is 0. The number of fused-ring (bicyclic) bond motifs is 2. The largest absolute Gasteiger partial charge is 0.336 e. The number of benzene rings is 1. The number of hydrogen-bond acceptors (Lipinski definition) is 6. The molecular formula is C25H22FN9. The summed E-state index contributed by atoms with van der Waals surface area (Å²) in [5.41, 5.74) is 5.99. The van der Waals surface area contributed by atoms with Crippen molar-refractivity contribution in [3.63, 3.8) is 0 Å². The Balaban J connectivity index is 1.48. The van der Waals surface area contributed by atoms with Crippen LogP contribution in [0, 0.1) is 12.7 Å². The molecule has 35 heavy (non-hydrogen) atoms. The third kappa shape index (κ3) is 3.64. The van der Waals surface area contributed by atoms with E-state index in [-0.39, 0.29) is 5.69 Å². The molecule has 0 aliphatic rings. The lowest BCUT2D eigenvalue weighted by atomic mass is 10.1. The van der Waals surface area contributed by atoms with E-state index in [1.807, 2.05) is 48.9 Å². The molecule has 10 heteroatoms. The average molecular weight is 468 g/mol. The van der Waals surface area contributed by atoms with Crippen LogP contribution >= 0.6 is 0 Å². The normalized spacial score (nSPS) is 11.6. The molecule has 6 rings (SSSR count). The number of aryl methyl sites for hydroxylation is 1. The summed E-state index contributed by atoms with van der Waals surface area (Å²) in [7, 11) is 0. The van der Waals surface area contributed by atoms with Crippen molar-refractivity contribution in [1.82, 2.24) is 45.0 Å². The van der Waals surface area contributed by atoms with Gasteiger partial charge in [0, 0.05) is 30.7 Å². The summed E-state index contributed by atoms with van der Waals surface area (Å²) in [5.74, 6) is -0.00910. The second-order valence-corrected chi connectivity index (χ2v) is 8.32. The number of hydrogen-bond donors (Lipinski definition) is 3. The van der Waals surface area contributed by atoms with Gasteiger partial charge >= 0.3 is 0 Å². The number of aromatic nitrogens is 8. The number of imidazole rings is 2. The molecule has 0 radical (unpaired) electrons. The molecule has 0 aliphatic heterocycles. The Kier molecular flexibility index (Phi) is 5.07. The Morgan fingerprint density at radius 2 is 2.00 bits per heavy atom. The zero-order valence-corrected chi connectivity index (χ0v) is 19.2. The van der Waals surface area contributed by atoms with Gasteiger partial charge in [-0.15, -0.1) is 0 Å². The minimum atomic E-state index is -0.473. The van der Waals surface area contributed by atoms with Crippen molar-refractivity contribution in [2.24, 2.45) is 0 Å². The summed E-state index contributed by atoms with van der Waals surface area (Å²) in [5, 5.41) is 10.8. The van der Waals surface area contributed by atoms with Gasteiger partial charge in [0.2, 0.25) is 0 Å². The van der Waals surface area contributed by atoms with E-state index in [9.17, 15) is 0 Å². The molecule has 0 atom stereocenters. The van der Waals surface area contributed by atoms with Crippen LogP contribution in [0.15, 0.2) is 55.4 Å². The third-order valence-electron chi connectivity index (χ3n) is 5.90. The standard InChI is InChI=1S/C25H22FN9/c1-3-27-8-15-7-16(10-28-9-15)22-21(26)20-18(11-29-22)33-34-24(20)25-31-17-5-4-6-19(23(17)32-25)35-12-14(2)30-13-35/h4-7,9-13,27H,3,8H2,1-2H3,(H,31,32)(H,33,34). The van der Waals surface area contributed by atoms with Crippen molar-refractivity contribution in [1.29, 1.82) is 0 Å². The number of aromatic amines is 2. The molecular weight excluding hydrogens is 445 g/mol. The van der Waals surface area contributed by atoms with Gasteiger partial charge in [-0.05, 0) is 37.2 Å². The molecule has 9 nitrogen and oxygen atoms in total. The second kappa shape index (κ2) is 8.41. The van der Waals surface area contributed by atoms with E-state index in [0.717, 1.165) is 34.5 Å². The Labute approximate surface area is 199 Å². The maximum absolute atomic E-state index is 15.9. The summed E-state index contributed by atoms with van der Waals surface area (Å²) in [6.07, 6.45) is 8.65. The molecule has 0 fully saturated rings. The third-order valence-corrected chi connectivity index (χ3v) is 5.90. The van der Waals surface area contributed by atoms with E-state index < -0.39 is 5.82 Å². The zero-order chi connectivity index (χ0) is 23.9. The van der Waals surface area contributed by atoms with Crippen molar-refractivity contribution < 1.29 is 4.39 Å². The van der Waals surface area contributed by atoms with Crippen LogP contribution in [0.1, 0.15) is 18.2 Å². The zero-order valence-electron chi connectivity index (χ0n) is 19.2. The van der Waals surface area contributed by atoms with Crippen LogP contribution in [0.2, 0.25) is 0 Å². The molecule has 0 saturated heterocycles. The van der Waals surface area contributed by atoms with Gasteiger partial charge in [-0.1, -0.05) is 13.0 Å². The monoisotopic (exact) mass is 467 g/mol. The highest BCUT2D eigenvalue weighted by Crippen LogP contribution is 2.33. The molecule has 5 heterocycles. The van der Waals surface area contributed by atoms with Crippen LogP contribution in [-0.2, 0) is 6.54 Å². The van der Waals surface area contributed by atoms with Crippen molar-refractivity contribution >= 4 is 21.9 Å². The molecule has 174 valence electrons. The van der Waals surface area contributed by atoms with Gasteiger partial charge in [0.25, 0.3) is 0 Å². The van der Waals surface area contributed by atoms with Crippen LogP contribution in [0.25, 0.3) is 50.4 Å². The van der Waals surface area contributed by atoms with Gasteiger partial charge in [0.05, 0.1) is 40.3 Å². The number of nitrogens with zero attached hydrogens (tertiary/aromatic N) is 6. The Bertz CT molecular complexity index is 1680. The highest BCUT2D eigenvalue weighted by atomic mass is 19.1. The van der Waals surface area contributed by atoms with E-state index in [0.29, 0.717) is 34.5 Å². The number of nitrogens with one attached hydrogen (secondary N) is 3. The van der Waals surface area contributed by atoms with E-state index in [1.165, 1.54) is 0 Å². The van der Waals surface area contributed by atoms with Gasteiger partial charge in [0.1, 0.15) is 16.9 Å². The lowest BCUT2D eigenvalue weighted by Crippen LogP contribution is -2.11. The summed E-state index contributed by atoms with van der Waals surface area (Å²) in [6, 6.07) is 7.73. The van der Waals surface area contributed by atoms with Gasteiger partial charge in [-0.3, -0.25) is 15.1 Å². The van der Waals surface area contributed by atoms with E-state index >= 15 is 4.39 Å². The lowest BCUT2D eigenvalue weighted by Gasteiger charge is -2.07. The minimum absolute atomic E-state index is 0.219. The molecule has 1 aromatic carbocycles. The molecule has 6 aromatic rings. The summed E-state index contributed by atoms with van der Waals surface area (Å²) < 4.78 is 17.8. The molecule has 5 aromatic heterocycles. The molecule has 0 spiro atoms. The number of H-pyrrole nitrogens is 2. The first-order chi connectivity index (χ1) is 17.1. The molecule has 0 bridgehead atoms. The minimum Gasteiger partial charge on any atom is -0.336 e. The fraction of sp³-hybridized carbons (Fsp3) is 0.160. The Morgan fingerprint density at radius 1 is 1.09 bits per heavy atom. The first-order valence-electron chi connectivity index (χ1n) is 11.3. The number of para-hydroxylation sites is 1. The first-order valence-corrected chi connectivity index (χ1v) is 11.3. The van der Waals surface area contributed by atoms with Crippen LogP contribution in [0.4, 0.5) is 4.39 Å². The quantitative estimate of drug-likeness (QED) is 0.337. The van der Waals surface area contributed by atoms with Crippen LogP contribution < -0.4 is 5.32 Å². The molecule has 0 saturated carbocycles. The maximum Gasteiger partial charge on any atom is 0.161 e. The van der Waals surface area contributed by atoms with Gasteiger partial charge in [-0.25, -0.2) is 14.4 Å². The topological polar surface area (TPSA) is 113 Å². The van der Waals surface area contributed by atoms with Crippen molar-refractivity contribution in [2.75, 3.05) is 6.54 Å². The van der Waals surface area contributed by atoms with Gasteiger partial charge in [-0.2, -0.15) is 5.10 Å². The Morgan fingerprint density at radius 3 is 2.83 bits per heavy atom. The summed E-state index contributed by atoms with van der Waals surface area (Å²) in [4.78, 5) is 21.0. The highest BCUT2D eigenvalue weighted by Gasteiger charge is 2.21. The molecule has 0 aliphatic carbocycles. The molecule has 0 unspecified atom stereocenters. The SMILES string of the molecule is CCNCc1cncc(-c2ncc3[nH]nc(-c4nc5c(-n6cnc(C)c6)cccc5[nH]4)c3c2F)c1. The van der Waals surface area contributed by atoms with Crippen LogP contribution in [-0.4, -0.2) is 46.2 Å². The van der Waals surface area contributed by atoms with Crippen LogP contribution in [0.3, 0.4) is 0 Å². The number of halogens is 1. The Hall–Kier alpha value is -4.44. The molecule has 3 N–H and O–H groups in total. The van der Waals surface area contributed by atoms with Crippen molar-refractivity contribution in [3.8, 4) is 28.5 Å².